The molecule has 0 saturated carbocycles. The first-order valence-electron chi connectivity index (χ1n) is 8.20. The minimum absolute atomic E-state index is 0.00403. The molecule has 2 aromatic rings. The largest absolute Gasteiger partial charge is 0.377 e. The van der Waals surface area contributed by atoms with Crippen LogP contribution in [0.15, 0.2) is 75.6 Å². The summed E-state index contributed by atoms with van der Waals surface area (Å²) in [5.74, 6) is -0.563. The Kier molecular flexibility index (Phi) is 5.03. The fraction of sp³-hybridized carbons (Fsp3) is 0. The highest BCUT2D eigenvalue weighted by Gasteiger charge is 2.31. The van der Waals surface area contributed by atoms with Crippen molar-refractivity contribution in [3.05, 3.63) is 76.3 Å². The van der Waals surface area contributed by atoms with Gasteiger partial charge in [0.15, 0.2) is 10.9 Å². The number of carbonyl (C=O) groups excluding carboxylic acids is 1. The molecule has 1 N–H and O–H groups in total. The Labute approximate surface area is 176 Å². The summed E-state index contributed by atoms with van der Waals surface area (Å²) in [6.45, 7) is 0. The van der Waals surface area contributed by atoms with Gasteiger partial charge in [0.05, 0.1) is 10.6 Å². The summed E-state index contributed by atoms with van der Waals surface area (Å²) in [4.78, 5) is 17.7. The molecule has 7 nitrogen and oxygen atoms in total. The summed E-state index contributed by atoms with van der Waals surface area (Å²) < 4.78 is 29.8. The molecule has 4 rings (SSSR count). The number of nitrogens with zero attached hydrogens (tertiary/aromatic N) is 2. The van der Waals surface area contributed by atoms with Crippen molar-refractivity contribution in [2.24, 2.45) is 4.99 Å². The van der Waals surface area contributed by atoms with E-state index in [1.807, 2.05) is 0 Å². The molecular weight excluding hydrogens is 434 g/mol. The lowest BCUT2D eigenvalue weighted by molar-refractivity contribution is -0.114. The van der Waals surface area contributed by atoms with E-state index < -0.39 is 16.0 Å². The minimum atomic E-state index is -4.03. The molecule has 0 bridgehead atoms. The van der Waals surface area contributed by atoms with Gasteiger partial charge in [-0.05, 0) is 41.3 Å². The lowest BCUT2D eigenvalue weighted by Gasteiger charge is -2.22. The van der Waals surface area contributed by atoms with E-state index in [2.05, 4.69) is 4.99 Å². The number of carbonyl (C=O) groups is 1. The first-order chi connectivity index (χ1) is 13.8. The van der Waals surface area contributed by atoms with Gasteiger partial charge in [0.1, 0.15) is 10.7 Å². The van der Waals surface area contributed by atoms with E-state index in [1.165, 1.54) is 47.0 Å². The van der Waals surface area contributed by atoms with E-state index in [9.17, 15) is 13.2 Å². The number of amides is 1. The van der Waals surface area contributed by atoms with Crippen LogP contribution >= 0.6 is 23.4 Å². The molecule has 1 amide bonds. The Hall–Kier alpha value is -2.88. The first kappa shape index (κ1) is 19.4. The summed E-state index contributed by atoms with van der Waals surface area (Å²) in [6.07, 6.45) is 3.13. The first-order valence-corrected chi connectivity index (χ1v) is 10.9. The van der Waals surface area contributed by atoms with Crippen molar-refractivity contribution >= 4 is 56.5 Å². The highest BCUT2D eigenvalue weighted by molar-refractivity contribution is 8.16. The van der Waals surface area contributed by atoms with Crippen LogP contribution in [-0.4, -0.2) is 30.2 Å². The molecule has 146 valence electrons. The van der Waals surface area contributed by atoms with Crippen molar-refractivity contribution in [3.8, 4) is 5.75 Å². The predicted molar refractivity (Wildman–Crippen MR) is 112 cm³/mol. The molecule has 0 aliphatic carbocycles. The third kappa shape index (κ3) is 3.84. The molecular formula is C19H12ClN3O4S2. The number of halogens is 1. The molecule has 0 atom stereocenters. The number of nitrogens with one attached hydrogen (secondary N) is 1. The number of fused-ring (bicyclic) bond motifs is 1. The number of rotatable bonds is 4. The van der Waals surface area contributed by atoms with Gasteiger partial charge in [-0.2, -0.15) is 13.4 Å². The number of benzene rings is 2. The summed E-state index contributed by atoms with van der Waals surface area (Å²) in [5.41, 5.74) is 0.601. The maximum absolute atomic E-state index is 12.4. The second-order valence-electron chi connectivity index (χ2n) is 5.92. The van der Waals surface area contributed by atoms with Crippen LogP contribution < -0.4 is 4.18 Å². The van der Waals surface area contributed by atoms with Gasteiger partial charge in [-0.1, -0.05) is 47.6 Å². The molecule has 0 unspecified atom stereocenters. The van der Waals surface area contributed by atoms with Gasteiger partial charge < -0.3 is 4.18 Å². The Bertz CT molecular complexity index is 1220. The smallest absolute Gasteiger partial charge is 0.339 e. The quantitative estimate of drug-likeness (QED) is 0.566. The summed E-state index contributed by atoms with van der Waals surface area (Å²) >= 11 is 7.45. The van der Waals surface area contributed by atoms with Crippen LogP contribution in [0, 0.1) is 5.41 Å². The molecule has 2 aromatic carbocycles. The number of amidine groups is 2. The van der Waals surface area contributed by atoms with Crippen LogP contribution in [0.1, 0.15) is 5.56 Å². The van der Waals surface area contributed by atoms with Gasteiger partial charge in [0, 0.05) is 6.20 Å². The van der Waals surface area contributed by atoms with Gasteiger partial charge in [0.2, 0.25) is 0 Å². The Balaban J connectivity index is 1.61. The van der Waals surface area contributed by atoms with Crippen molar-refractivity contribution in [1.29, 1.82) is 5.41 Å². The molecule has 2 aliphatic rings. The van der Waals surface area contributed by atoms with E-state index in [-0.39, 0.29) is 27.1 Å². The van der Waals surface area contributed by atoms with Gasteiger partial charge in [-0.15, -0.1) is 0 Å². The zero-order valence-electron chi connectivity index (χ0n) is 14.6. The van der Waals surface area contributed by atoms with E-state index >= 15 is 0 Å². The average molecular weight is 446 g/mol. The Morgan fingerprint density at radius 2 is 1.93 bits per heavy atom. The topological polar surface area (TPSA) is 99.9 Å². The van der Waals surface area contributed by atoms with Crippen molar-refractivity contribution in [1.82, 2.24) is 4.90 Å². The third-order valence-corrected chi connectivity index (χ3v) is 6.31. The second-order valence-corrected chi connectivity index (χ2v) is 8.75. The SMILES string of the molecule is N=C1/C(=C/c2ccc(OS(=O)(=O)c3ccccc3)c(Cl)c2)C(=O)N=C2SC=CN12. The molecule has 29 heavy (non-hydrogen) atoms. The molecule has 10 heteroatoms. The highest BCUT2D eigenvalue weighted by Crippen LogP contribution is 2.31. The molecule has 0 radical (unpaired) electrons. The van der Waals surface area contributed by atoms with E-state index in [0.29, 0.717) is 10.7 Å². The van der Waals surface area contributed by atoms with E-state index in [4.69, 9.17) is 21.2 Å². The van der Waals surface area contributed by atoms with Gasteiger partial charge in [-0.3, -0.25) is 15.1 Å². The molecule has 0 fully saturated rings. The monoisotopic (exact) mass is 445 g/mol. The highest BCUT2D eigenvalue weighted by atomic mass is 35.5. The maximum Gasteiger partial charge on any atom is 0.339 e. The van der Waals surface area contributed by atoms with Gasteiger partial charge in [-0.25, -0.2) is 0 Å². The number of hydrogen-bond donors (Lipinski definition) is 1. The van der Waals surface area contributed by atoms with E-state index in [0.717, 1.165) is 0 Å². The second kappa shape index (κ2) is 7.51. The van der Waals surface area contributed by atoms with Crippen LogP contribution in [0.2, 0.25) is 5.02 Å². The lowest BCUT2D eigenvalue weighted by Crippen LogP contribution is -2.35. The van der Waals surface area contributed by atoms with Crippen molar-refractivity contribution in [2.45, 2.75) is 4.90 Å². The molecule has 0 saturated heterocycles. The fourth-order valence-corrected chi connectivity index (χ4v) is 4.57. The summed E-state index contributed by atoms with van der Waals surface area (Å²) in [6, 6.07) is 12.1. The number of hydrogen-bond acceptors (Lipinski definition) is 6. The lowest BCUT2D eigenvalue weighted by atomic mass is 10.1. The minimum Gasteiger partial charge on any atom is -0.377 e. The fourth-order valence-electron chi connectivity index (χ4n) is 2.63. The average Bonchev–Trinajstić information content (AvgIpc) is 3.16. The standard InChI is InChI=1S/C19H12ClN3O4S2/c20-15-11-12(10-14-17(21)23-8-9-28-19(23)22-18(14)24)6-7-16(15)27-29(25,26)13-4-2-1-3-5-13/h1-11,21H/b14-10-,21-17?. The van der Waals surface area contributed by atoms with Gasteiger partial charge in [0.25, 0.3) is 5.91 Å². The molecule has 2 aliphatic heterocycles. The Morgan fingerprint density at radius 1 is 1.17 bits per heavy atom. The Morgan fingerprint density at radius 3 is 2.66 bits per heavy atom. The van der Waals surface area contributed by atoms with E-state index in [1.54, 1.807) is 35.9 Å². The molecule has 0 spiro atoms. The normalized spacial score (nSPS) is 17.5. The van der Waals surface area contributed by atoms with Crippen LogP contribution in [-0.2, 0) is 14.9 Å². The maximum atomic E-state index is 12.4. The zero-order chi connectivity index (χ0) is 20.6. The summed E-state index contributed by atoms with van der Waals surface area (Å²) in [5, 5.41) is 10.4. The van der Waals surface area contributed by atoms with Crippen molar-refractivity contribution in [2.75, 3.05) is 0 Å². The molecule has 0 aromatic heterocycles. The van der Waals surface area contributed by atoms with Gasteiger partial charge >= 0.3 is 10.1 Å². The van der Waals surface area contributed by atoms with Crippen molar-refractivity contribution < 1.29 is 17.4 Å². The third-order valence-electron chi connectivity index (χ3n) is 4.01. The van der Waals surface area contributed by atoms with Crippen LogP contribution in [0.3, 0.4) is 0 Å². The zero-order valence-corrected chi connectivity index (χ0v) is 17.0. The van der Waals surface area contributed by atoms with Crippen LogP contribution in [0.25, 0.3) is 6.08 Å². The van der Waals surface area contributed by atoms with Crippen molar-refractivity contribution in [3.63, 3.8) is 0 Å². The van der Waals surface area contributed by atoms with Crippen LogP contribution in [0.5, 0.6) is 5.75 Å². The number of thioether (sulfide) groups is 1. The predicted octanol–water partition coefficient (Wildman–Crippen LogP) is 3.88. The summed E-state index contributed by atoms with van der Waals surface area (Å²) in [7, 11) is -4.03. The molecule has 2 heterocycles. The number of aliphatic imine (C=N–C) groups is 1. The van der Waals surface area contributed by atoms with Crippen LogP contribution in [0.4, 0.5) is 0 Å².